The summed E-state index contributed by atoms with van der Waals surface area (Å²) in [6.07, 6.45) is 64.4. The molecule has 3 N–H and O–H groups in total. The number of hydrogen-bond acceptors (Lipinski definition) is 9. The molecule has 0 bridgehead atoms. The maximum atomic E-state index is 12.9. The number of esters is 3. The van der Waals surface area contributed by atoms with Gasteiger partial charge in [-0.25, -0.2) is 0 Å². The number of aliphatic hydroxyl groups is 3. The molecule has 410 valence electrons. The van der Waals surface area contributed by atoms with Crippen LogP contribution in [0.5, 0.6) is 0 Å². The summed E-state index contributed by atoms with van der Waals surface area (Å²) in [6.45, 7) is 6.19. The van der Waals surface area contributed by atoms with Crippen molar-refractivity contribution < 1.29 is 43.9 Å². The molecule has 0 amide bonds. The lowest BCUT2D eigenvalue weighted by Gasteiger charge is -2.18. The molecule has 0 radical (unpaired) electrons. The van der Waals surface area contributed by atoms with Crippen LogP contribution in [0.15, 0.2) is 109 Å². The van der Waals surface area contributed by atoms with E-state index in [1.165, 1.54) is 0 Å². The van der Waals surface area contributed by atoms with Gasteiger partial charge in [0.25, 0.3) is 0 Å². The summed E-state index contributed by atoms with van der Waals surface area (Å²) in [6, 6.07) is 0. The number of hydrogen-bond donors (Lipinski definition) is 3. The largest absolute Gasteiger partial charge is 0.462 e. The number of aliphatic hydroxyl groups excluding tert-OH is 3. The topological polar surface area (TPSA) is 140 Å². The standard InChI is InChI=1S/C63H104O9/c1-4-7-37-46-57(64)49-40-31-25-19-13-10-16-22-28-34-43-52-61(67)70-55-60(72-63(69)54-45-36-30-24-18-12-15-21-27-33-42-51-59(66)48-39-9-6-3)56-71-62(68)53-44-35-29-23-17-11-14-20-26-32-41-50-58(65)47-38-8-5-2/h10-15,25-27,31-33,40-42,49-51,57-60,64-66H,4-9,16-24,28-30,34-39,43-48,52-56H2,1-3H3/b13-10-,14-11+,15-12+,31-25-,32-26+,33-27+,49-40+,50-41+,51-42+. The molecule has 0 spiro atoms. The first-order valence-corrected chi connectivity index (χ1v) is 28.7. The molecule has 0 rings (SSSR count). The Morgan fingerprint density at radius 1 is 0.361 bits per heavy atom. The summed E-state index contributed by atoms with van der Waals surface area (Å²) in [5.41, 5.74) is 0. The van der Waals surface area contributed by atoms with Crippen LogP contribution in [0.3, 0.4) is 0 Å². The number of ether oxygens (including phenoxy) is 3. The van der Waals surface area contributed by atoms with E-state index in [1.54, 1.807) is 0 Å². The van der Waals surface area contributed by atoms with Gasteiger partial charge < -0.3 is 29.5 Å². The summed E-state index contributed by atoms with van der Waals surface area (Å²) in [7, 11) is 0. The second-order valence-corrected chi connectivity index (χ2v) is 19.1. The van der Waals surface area contributed by atoms with Crippen LogP contribution in [0.4, 0.5) is 0 Å². The molecule has 0 aromatic rings. The smallest absolute Gasteiger partial charge is 0.306 e. The summed E-state index contributed by atoms with van der Waals surface area (Å²) in [5.74, 6) is -1.08. The summed E-state index contributed by atoms with van der Waals surface area (Å²) < 4.78 is 16.7. The lowest BCUT2D eigenvalue weighted by molar-refractivity contribution is -0.167. The van der Waals surface area contributed by atoms with Crippen molar-refractivity contribution in [2.24, 2.45) is 0 Å². The molecule has 0 aromatic carbocycles. The van der Waals surface area contributed by atoms with E-state index in [2.05, 4.69) is 75.5 Å². The van der Waals surface area contributed by atoms with Gasteiger partial charge in [0, 0.05) is 19.3 Å². The SMILES string of the molecule is CCCCCC(O)/C=C/C=C\C/C=C\CCCCCCC(=O)OCC(COC(=O)CCCCCC/C=C/C/C=C/C=C/C(O)CCCCC)OC(=O)CCCCCC/C=C/C/C=C/C=C/C(O)CCCCC. The van der Waals surface area contributed by atoms with E-state index in [4.69, 9.17) is 14.2 Å². The average molecular weight is 1010 g/mol. The van der Waals surface area contributed by atoms with Crippen molar-refractivity contribution in [2.45, 2.75) is 257 Å². The molecule has 4 atom stereocenters. The summed E-state index contributed by atoms with van der Waals surface area (Å²) in [5, 5.41) is 29.9. The zero-order chi connectivity index (χ0) is 52.6. The van der Waals surface area contributed by atoms with Crippen molar-refractivity contribution in [2.75, 3.05) is 13.2 Å². The normalized spacial score (nSPS) is 14.2. The Hall–Kier alpha value is -4.05. The third-order valence-electron chi connectivity index (χ3n) is 12.0. The molecular formula is C63H104O9. The van der Waals surface area contributed by atoms with Crippen molar-refractivity contribution in [3.63, 3.8) is 0 Å². The van der Waals surface area contributed by atoms with Gasteiger partial charge in [0.1, 0.15) is 13.2 Å². The highest BCUT2D eigenvalue weighted by Crippen LogP contribution is 2.13. The van der Waals surface area contributed by atoms with Gasteiger partial charge in [-0.05, 0) is 96.3 Å². The predicted octanol–water partition coefficient (Wildman–Crippen LogP) is 16.0. The van der Waals surface area contributed by atoms with Crippen LogP contribution in [-0.4, -0.2) is 70.9 Å². The van der Waals surface area contributed by atoms with E-state index < -0.39 is 6.10 Å². The van der Waals surface area contributed by atoms with Gasteiger partial charge in [-0.3, -0.25) is 14.4 Å². The Bertz CT molecular complexity index is 1460. The predicted molar refractivity (Wildman–Crippen MR) is 301 cm³/mol. The van der Waals surface area contributed by atoms with Crippen LogP contribution in [0.25, 0.3) is 0 Å². The molecule has 0 saturated carbocycles. The first-order chi connectivity index (χ1) is 35.2. The third kappa shape index (κ3) is 52.3. The molecule has 0 aliphatic carbocycles. The summed E-state index contributed by atoms with van der Waals surface area (Å²) in [4.78, 5) is 38.2. The van der Waals surface area contributed by atoms with Gasteiger partial charge >= 0.3 is 17.9 Å². The minimum absolute atomic E-state index is 0.145. The van der Waals surface area contributed by atoms with Crippen molar-refractivity contribution in [1.82, 2.24) is 0 Å². The fourth-order valence-electron chi connectivity index (χ4n) is 7.56. The molecule has 0 aliphatic heterocycles. The van der Waals surface area contributed by atoms with Gasteiger partial charge in [0.2, 0.25) is 0 Å². The van der Waals surface area contributed by atoms with E-state index >= 15 is 0 Å². The number of carbonyl (C=O) groups is 3. The minimum atomic E-state index is -0.851. The van der Waals surface area contributed by atoms with Gasteiger partial charge in [-0.15, -0.1) is 0 Å². The van der Waals surface area contributed by atoms with E-state index in [-0.39, 0.29) is 68.7 Å². The van der Waals surface area contributed by atoms with Gasteiger partial charge in [0.15, 0.2) is 6.10 Å². The van der Waals surface area contributed by atoms with Gasteiger partial charge in [0.05, 0.1) is 18.3 Å². The van der Waals surface area contributed by atoms with Crippen LogP contribution < -0.4 is 0 Å². The minimum Gasteiger partial charge on any atom is -0.462 e. The monoisotopic (exact) mass is 1000 g/mol. The fraction of sp³-hybridized carbons (Fsp3) is 0.667. The second-order valence-electron chi connectivity index (χ2n) is 19.1. The van der Waals surface area contributed by atoms with Crippen LogP contribution in [0.1, 0.15) is 233 Å². The quantitative estimate of drug-likeness (QED) is 0.0179. The average Bonchev–Trinajstić information content (AvgIpc) is 3.36. The summed E-state index contributed by atoms with van der Waals surface area (Å²) >= 11 is 0. The number of unbranched alkanes of at least 4 members (excludes halogenated alkanes) is 18. The number of rotatable bonds is 50. The zero-order valence-corrected chi connectivity index (χ0v) is 45.7. The van der Waals surface area contributed by atoms with Gasteiger partial charge in [-0.2, -0.15) is 0 Å². The molecule has 0 fully saturated rings. The Morgan fingerprint density at radius 3 is 1.01 bits per heavy atom. The van der Waals surface area contributed by atoms with E-state index in [0.717, 1.165) is 173 Å². The van der Waals surface area contributed by atoms with Crippen LogP contribution in [0.2, 0.25) is 0 Å². The molecule has 9 heteroatoms. The Labute approximate surface area is 439 Å². The maximum Gasteiger partial charge on any atom is 0.306 e. The fourth-order valence-corrected chi connectivity index (χ4v) is 7.56. The number of carbonyl (C=O) groups excluding carboxylic acids is 3. The van der Waals surface area contributed by atoms with Crippen molar-refractivity contribution in [3.8, 4) is 0 Å². The van der Waals surface area contributed by atoms with Crippen molar-refractivity contribution >= 4 is 17.9 Å². The molecule has 0 saturated heterocycles. The van der Waals surface area contributed by atoms with E-state index in [1.807, 2.05) is 54.7 Å². The van der Waals surface area contributed by atoms with Crippen molar-refractivity contribution in [1.29, 1.82) is 0 Å². The molecule has 0 aromatic heterocycles. The lowest BCUT2D eigenvalue weighted by Crippen LogP contribution is -2.30. The Morgan fingerprint density at radius 2 is 0.681 bits per heavy atom. The van der Waals surface area contributed by atoms with E-state index in [9.17, 15) is 29.7 Å². The van der Waals surface area contributed by atoms with Crippen LogP contribution in [-0.2, 0) is 28.6 Å². The zero-order valence-electron chi connectivity index (χ0n) is 45.7. The van der Waals surface area contributed by atoms with E-state index in [0.29, 0.717) is 19.3 Å². The molecule has 9 nitrogen and oxygen atoms in total. The lowest BCUT2D eigenvalue weighted by atomic mass is 10.1. The highest BCUT2D eigenvalue weighted by atomic mass is 16.6. The highest BCUT2D eigenvalue weighted by Gasteiger charge is 2.19. The second kappa shape index (κ2) is 54.7. The van der Waals surface area contributed by atoms with Crippen LogP contribution in [0, 0.1) is 0 Å². The van der Waals surface area contributed by atoms with Crippen LogP contribution >= 0.6 is 0 Å². The molecule has 72 heavy (non-hydrogen) atoms. The highest BCUT2D eigenvalue weighted by molar-refractivity contribution is 5.71. The molecular weight excluding hydrogens is 901 g/mol. The molecule has 4 unspecified atom stereocenters. The third-order valence-corrected chi connectivity index (χ3v) is 12.0. The Kier molecular flexibility index (Phi) is 51.6. The molecule has 0 heterocycles. The van der Waals surface area contributed by atoms with Crippen molar-refractivity contribution in [3.05, 3.63) is 109 Å². The maximum absolute atomic E-state index is 12.9. The van der Waals surface area contributed by atoms with Gasteiger partial charge in [-0.1, -0.05) is 226 Å². The first-order valence-electron chi connectivity index (χ1n) is 28.7. The first kappa shape index (κ1) is 68.0. The number of allylic oxidation sites excluding steroid dienone is 15. The molecule has 0 aliphatic rings. The Balaban J connectivity index is 4.63.